The summed E-state index contributed by atoms with van der Waals surface area (Å²) in [6.07, 6.45) is 4.93. The fraction of sp³-hybridized carbons (Fsp3) is 0.643. The van der Waals surface area contributed by atoms with Crippen LogP contribution in [0.5, 0.6) is 0 Å². The summed E-state index contributed by atoms with van der Waals surface area (Å²) in [4.78, 5) is 20.9. The van der Waals surface area contributed by atoms with E-state index in [0.29, 0.717) is 11.5 Å². The van der Waals surface area contributed by atoms with Crippen molar-refractivity contribution in [3.63, 3.8) is 0 Å². The Morgan fingerprint density at radius 1 is 1.20 bits per heavy atom. The van der Waals surface area contributed by atoms with Crippen molar-refractivity contribution in [2.45, 2.75) is 44.6 Å². The first-order valence-corrected chi connectivity index (χ1v) is 6.47. The van der Waals surface area contributed by atoms with Gasteiger partial charge in [0.2, 0.25) is 0 Å². The van der Waals surface area contributed by atoms with E-state index in [9.17, 15) is 9.59 Å². The second kappa shape index (κ2) is 7.94. The predicted octanol–water partition coefficient (Wildman–Crippen LogP) is 2.92. The van der Waals surface area contributed by atoms with Gasteiger partial charge in [0.25, 0.3) is 0 Å². The van der Waals surface area contributed by atoms with Crippen molar-refractivity contribution in [2.24, 2.45) is 11.3 Å². The van der Waals surface area contributed by atoms with Gasteiger partial charge in [-0.25, -0.2) is 0 Å². The molecule has 116 valence electrons. The summed E-state index contributed by atoms with van der Waals surface area (Å²) >= 11 is 0. The second-order valence-corrected chi connectivity index (χ2v) is 5.45. The predicted molar refractivity (Wildman–Crippen MR) is 71.5 cm³/mol. The van der Waals surface area contributed by atoms with Crippen LogP contribution in [0, 0.1) is 18.3 Å². The molecular formula is C14H21NO4Pt. The third-order valence-electron chi connectivity index (χ3n) is 3.83. The van der Waals surface area contributed by atoms with Crippen molar-refractivity contribution < 1.29 is 40.9 Å². The van der Waals surface area contributed by atoms with Crippen molar-refractivity contribution in [2.75, 3.05) is 0 Å². The summed E-state index contributed by atoms with van der Waals surface area (Å²) < 4.78 is 0. The first-order chi connectivity index (χ1) is 8.79. The Bertz CT molecular complexity index is 349. The van der Waals surface area contributed by atoms with E-state index in [1.807, 2.05) is 0 Å². The average Bonchev–Trinajstić information content (AvgIpc) is 2.28. The molecule has 0 aromatic carbocycles. The van der Waals surface area contributed by atoms with Crippen LogP contribution in [0.3, 0.4) is 0 Å². The van der Waals surface area contributed by atoms with E-state index in [1.165, 1.54) is 19.3 Å². The smallest absolute Gasteiger partial charge is 0.677 e. The zero-order chi connectivity index (χ0) is 14.6. The number of carbonyl (C=O) groups is 2. The first-order valence-electron chi connectivity index (χ1n) is 6.47. The average molecular weight is 462 g/mol. The molecule has 0 radical (unpaired) electrons. The molecule has 2 aliphatic carbocycles. The normalized spacial score (nSPS) is 27.2. The van der Waals surface area contributed by atoms with Crippen LogP contribution in [0.15, 0.2) is 12.2 Å². The molecule has 0 aliphatic heterocycles. The van der Waals surface area contributed by atoms with Crippen molar-refractivity contribution >= 4 is 11.9 Å². The van der Waals surface area contributed by atoms with Crippen LogP contribution in [-0.2, 0) is 30.7 Å². The Labute approximate surface area is 133 Å². The monoisotopic (exact) mass is 462 g/mol. The van der Waals surface area contributed by atoms with Gasteiger partial charge in [0.15, 0.2) is 5.41 Å². The molecule has 2 fully saturated rings. The molecule has 0 amide bonds. The molecule has 6 heteroatoms. The maximum Gasteiger partial charge on any atom is 2.00 e. The molecule has 2 rings (SSSR count). The molecule has 2 aliphatic rings. The summed E-state index contributed by atoms with van der Waals surface area (Å²) in [7, 11) is 0. The number of aliphatic carboxylic acids is 2. The summed E-state index contributed by atoms with van der Waals surface area (Å²) in [6, 6.07) is 0.142. The molecular weight excluding hydrogens is 441 g/mol. The molecule has 2 saturated carbocycles. The van der Waals surface area contributed by atoms with Gasteiger partial charge < -0.3 is 22.9 Å². The number of hydrogen-bond acceptors (Lipinski definition) is 2. The standard InChI is InChI=1S/C7H13N.C7H8O4.Pt/c1-6-4-2-3-5-7(6)8;1-4-2-7(3-4,5(8)9)6(10)11;/h6-8H,1-5H2;1-3H2,(H,8,9)(H,10,11);/q-2;;+2/t6-,7-;;/m1../s1. The van der Waals surface area contributed by atoms with Gasteiger partial charge in [-0.3, -0.25) is 9.59 Å². The minimum Gasteiger partial charge on any atom is -0.677 e. The fourth-order valence-electron chi connectivity index (χ4n) is 2.40. The van der Waals surface area contributed by atoms with Crippen LogP contribution >= 0.6 is 0 Å². The van der Waals surface area contributed by atoms with Gasteiger partial charge in [0.05, 0.1) is 0 Å². The van der Waals surface area contributed by atoms with E-state index in [2.05, 4.69) is 13.5 Å². The molecule has 20 heavy (non-hydrogen) atoms. The van der Waals surface area contributed by atoms with Crippen LogP contribution in [0.2, 0.25) is 0 Å². The number of nitrogens with one attached hydrogen (secondary N) is 1. The summed E-state index contributed by atoms with van der Waals surface area (Å²) in [5, 5.41) is 17.1. The van der Waals surface area contributed by atoms with Gasteiger partial charge in [-0.2, -0.15) is 12.0 Å². The van der Waals surface area contributed by atoms with E-state index in [4.69, 9.17) is 15.9 Å². The van der Waals surface area contributed by atoms with Crippen molar-refractivity contribution in [1.82, 2.24) is 0 Å². The van der Waals surface area contributed by atoms with E-state index >= 15 is 0 Å². The number of rotatable bonds is 2. The molecule has 3 N–H and O–H groups in total. The van der Waals surface area contributed by atoms with Crippen LogP contribution in [-0.4, -0.2) is 28.2 Å². The zero-order valence-corrected chi connectivity index (χ0v) is 13.6. The second-order valence-electron chi connectivity index (χ2n) is 5.45. The van der Waals surface area contributed by atoms with Crippen molar-refractivity contribution in [1.29, 1.82) is 0 Å². The number of hydrogen-bond donors (Lipinski definition) is 2. The van der Waals surface area contributed by atoms with Crippen LogP contribution < -0.4 is 0 Å². The SMILES string of the molecule is C=C1CC(C(=O)O)(C(=O)O)C1.[CH2-][C@@H]1CCCC[C@H]1[NH-].[Pt+2]. The Hall–Kier alpha value is -0.672. The maximum atomic E-state index is 10.5. The third-order valence-corrected chi connectivity index (χ3v) is 3.83. The van der Waals surface area contributed by atoms with E-state index < -0.39 is 17.4 Å². The zero-order valence-electron chi connectivity index (χ0n) is 11.3. The molecule has 2 atom stereocenters. The molecule has 0 spiro atoms. The van der Waals surface area contributed by atoms with Gasteiger partial charge in [-0.05, 0) is 12.8 Å². The van der Waals surface area contributed by atoms with Crippen LogP contribution in [0.25, 0.3) is 5.73 Å². The quantitative estimate of drug-likeness (QED) is 0.375. The van der Waals surface area contributed by atoms with E-state index in [-0.39, 0.29) is 39.9 Å². The maximum absolute atomic E-state index is 10.5. The first kappa shape index (κ1) is 19.3. The minimum absolute atomic E-state index is 0. The van der Waals surface area contributed by atoms with Gasteiger partial charge in [-0.15, -0.1) is 0 Å². The summed E-state index contributed by atoms with van der Waals surface area (Å²) in [6.45, 7) is 7.38. The van der Waals surface area contributed by atoms with Crippen molar-refractivity contribution in [3.8, 4) is 0 Å². The summed E-state index contributed by atoms with van der Waals surface area (Å²) in [5.74, 6) is -2.11. The molecule has 0 aromatic rings. The molecule has 0 bridgehead atoms. The van der Waals surface area contributed by atoms with E-state index in [1.54, 1.807) is 0 Å². The molecule has 0 aromatic heterocycles. The number of carboxylic acids is 2. The van der Waals surface area contributed by atoms with Gasteiger partial charge >= 0.3 is 33.0 Å². The van der Waals surface area contributed by atoms with Gasteiger partial charge in [0, 0.05) is 0 Å². The molecule has 0 saturated heterocycles. The van der Waals surface area contributed by atoms with Crippen molar-refractivity contribution in [3.05, 3.63) is 24.8 Å². The Kier molecular flexibility index (Phi) is 7.67. The molecule has 5 nitrogen and oxygen atoms in total. The minimum atomic E-state index is -1.57. The summed E-state index contributed by atoms with van der Waals surface area (Å²) in [5.41, 5.74) is 6.53. The van der Waals surface area contributed by atoms with Gasteiger partial charge in [-0.1, -0.05) is 37.8 Å². The third kappa shape index (κ3) is 4.42. The fourth-order valence-corrected chi connectivity index (χ4v) is 2.40. The Balaban J connectivity index is 0.000000359. The topological polar surface area (TPSA) is 98.4 Å². The van der Waals surface area contributed by atoms with Crippen LogP contribution in [0.4, 0.5) is 0 Å². The van der Waals surface area contributed by atoms with Gasteiger partial charge in [0.1, 0.15) is 0 Å². The van der Waals surface area contributed by atoms with Crippen LogP contribution in [0.1, 0.15) is 38.5 Å². The molecule has 0 heterocycles. The van der Waals surface area contributed by atoms with E-state index in [0.717, 1.165) is 6.42 Å². The molecule has 0 unspecified atom stereocenters. The largest absolute Gasteiger partial charge is 2.00 e. The number of allylic oxidation sites excluding steroid dienone is 1. The Morgan fingerprint density at radius 3 is 1.85 bits per heavy atom. The Morgan fingerprint density at radius 2 is 1.65 bits per heavy atom. The number of carboxylic acid groups (broad SMARTS) is 2.